The molecule has 1 saturated heterocycles. The molecule has 0 bridgehead atoms. The Morgan fingerprint density at radius 3 is 2.95 bits per heavy atom. The largest absolute Gasteiger partial charge is 0.366 e. The number of hydrogen-bond acceptors (Lipinski definition) is 6. The molecule has 1 saturated carbocycles. The van der Waals surface area contributed by atoms with E-state index >= 15 is 0 Å². The molecule has 1 aliphatic heterocycles. The van der Waals surface area contributed by atoms with Gasteiger partial charge in [-0.15, -0.1) is 0 Å². The van der Waals surface area contributed by atoms with E-state index in [1.807, 2.05) is 0 Å². The number of aromatic nitrogens is 2. The van der Waals surface area contributed by atoms with E-state index in [0.717, 1.165) is 45.3 Å². The molecule has 1 aromatic heterocycles. The minimum Gasteiger partial charge on any atom is -0.366 e. The Balaban J connectivity index is 1.74. The summed E-state index contributed by atoms with van der Waals surface area (Å²) < 4.78 is 11.1. The van der Waals surface area contributed by atoms with E-state index in [4.69, 9.17) is 15.0 Å². The van der Waals surface area contributed by atoms with Gasteiger partial charge >= 0.3 is 0 Å². The van der Waals surface area contributed by atoms with Crippen LogP contribution in [-0.2, 0) is 10.3 Å². The van der Waals surface area contributed by atoms with Crippen LogP contribution in [0.25, 0.3) is 0 Å². The molecule has 0 aromatic carbocycles. The summed E-state index contributed by atoms with van der Waals surface area (Å²) in [5, 5.41) is 4.09. The molecule has 6 nitrogen and oxygen atoms in total. The van der Waals surface area contributed by atoms with Crippen LogP contribution in [0.4, 0.5) is 0 Å². The van der Waals surface area contributed by atoms with Crippen LogP contribution in [0.3, 0.4) is 0 Å². The van der Waals surface area contributed by atoms with Crippen molar-refractivity contribution < 1.29 is 9.26 Å². The standard InChI is InChI=1S/C13H22N4O2/c1-2-17-7-8-18-10(9-17)11-15-12(16-19-11)13(14)5-3-4-6-13/h10H,2-9,14H2,1H3. The lowest BCUT2D eigenvalue weighted by atomic mass is 9.99. The summed E-state index contributed by atoms with van der Waals surface area (Å²) in [7, 11) is 0. The summed E-state index contributed by atoms with van der Waals surface area (Å²) in [6.45, 7) is 5.66. The van der Waals surface area contributed by atoms with Crippen molar-refractivity contribution in [1.29, 1.82) is 0 Å². The maximum atomic E-state index is 6.34. The lowest BCUT2D eigenvalue weighted by Crippen LogP contribution is -2.38. The molecule has 0 spiro atoms. The van der Waals surface area contributed by atoms with E-state index in [9.17, 15) is 0 Å². The van der Waals surface area contributed by atoms with Crippen LogP contribution in [-0.4, -0.2) is 41.3 Å². The van der Waals surface area contributed by atoms with E-state index in [1.165, 1.54) is 0 Å². The molecule has 1 aliphatic carbocycles. The van der Waals surface area contributed by atoms with Crippen LogP contribution in [0.5, 0.6) is 0 Å². The molecule has 0 amide bonds. The van der Waals surface area contributed by atoms with Crippen molar-refractivity contribution in [3.8, 4) is 0 Å². The Kier molecular flexibility index (Phi) is 3.56. The Morgan fingerprint density at radius 1 is 1.42 bits per heavy atom. The molecular weight excluding hydrogens is 244 g/mol. The minimum absolute atomic E-state index is 0.111. The van der Waals surface area contributed by atoms with Crippen molar-refractivity contribution >= 4 is 0 Å². The van der Waals surface area contributed by atoms with E-state index < -0.39 is 0 Å². The van der Waals surface area contributed by atoms with Gasteiger partial charge in [-0.25, -0.2) is 0 Å². The average molecular weight is 266 g/mol. The molecule has 19 heavy (non-hydrogen) atoms. The topological polar surface area (TPSA) is 77.4 Å². The van der Waals surface area contributed by atoms with Gasteiger partial charge in [0.25, 0.3) is 5.89 Å². The van der Waals surface area contributed by atoms with Crippen LogP contribution in [0.1, 0.15) is 50.4 Å². The van der Waals surface area contributed by atoms with E-state index in [0.29, 0.717) is 18.3 Å². The molecule has 1 atom stereocenters. The van der Waals surface area contributed by atoms with Crippen LogP contribution >= 0.6 is 0 Å². The Labute approximate surface area is 113 Å². The lowest BCUT2D eigenvalue weighted by Gasteiger charge is -2.29. The summed E-state index contributed by atoms with van der Waals surface area (Å²) in [4.78, 5) is 6.83. The molecule has 2 aliphatic rings. The normalized spacial score (nSPS) is 27.8. The van der Waals surface area contributed by atoms with Crippen LogP contribution in [0.2, 0.25) is 0 Å². The van der Waals surface area contributed by atoms with E-state index in [-0.39, 0.29) is 11.6 Å². The number of rotatable bonds is 3. The molecule has 2 heterocycles. The lowest BCUT2D eigenvalue weighted by molar-refractivity contribution is -0.0431. The van der Waals surface area contributed by atoms with Crippen LogP contribution in [0.15, 0.2) is 4.52 Å². The number of morpholine rings is 1. The fourth-order valence-corrected chi connectivity index (χ4v) is 2.94. The summed E-state index contributed by atoms with van der Waals surface area (Å²) in [5.74, 6) is 1.22. The first-order chi connectivity index (χ1) is 9.21. The maximum absolute atomic E-state index is 6.34. The van der Waals surface area contributed by atoms with E-state index in [2.05, 4.69) is 22.0 Å². The first kappa shape index (κ1) is 13.0. The highest BCUT2D eigenvalue weighted by molar-refractivity contribution is 5.07. The van der Waals surface area contributed by atoms with Crippen molar-refractivity contribution in [2.24, 2.45) is 5.73 Å². The van der Waals surface area contributed by atoms with Crippen molar-refractivity contribution in [3.63, 3.8) is 0 Å². The maximum Gasteiger partial charge on any atom is 0.257 e. The number of nitrogens with zero attached hydrogens (tertiary/aromatic N) is 3. The third kappa shape index (κ3) is 2.52. The van der Waals surface area contributed by atoms with Crippen molar-refractivity contribution in [3.05, 3.63) is 11.7 Å². The third-order valence-electron chi connectivity index (χ3n) is 4.26. The van der Waals surface area contributed by atoms with Gasteiger partial charge in [-0.1, -0.05) is 24.9 Å². The fraction of sp³-hybridized carbons (Fsp3) is 0.846. The highest BCUT2D eigenvalue weighted by Gasteiger charge is 2.37. The van der Waals surface area contributed by atoms with Gasteiger partial charge < -0.3 is 15.0 Å². The molecule has 106 valence electrons. The summed E-state index contributed by atoms with van der Waals surface area (Å²) in [5.41, 5.74) is 5.95. The minimum atomic E-state index is -0.388. The molecule has 1 unspecified atom stereocenters. The van der Waals surface area contributed by atoms with Gasteiger partial charge in [-0.05, 0) is 19.4 Å². The SMILES string of the molecule is CCN1CCOC(c2nc(C3(N)CCCC3)no2)C1. The third-order valence-corrected chi connectivity index (χ3v) is 4.26. The fourth-order valence-electron chi connectivity index (χ4n) is 2.94. The van der Waals surface area contributed by atoms with Crippen molar-refractivity contribution in [2.45, 2.75) is 44.2 Å². The smallest absolute Gasteiger partial charge is 0.257 e. The monoisotopic (exact) mass is 266 g/mol. The molecule has 1 aromatic rings. The Morgan fingerprint density at radius 2 is 2.21 bits per heavy atom. The second kappa shape index (κ2) is 5.19. The van der Waals surface area contributed by atoms with Gasteiger partial charge in [0.05, 0.1) is 12.1 Å². The molecular formula is C13H22N4O2. The quantitative estimate of drug-likeness (QED) is 0.885. The zero-order valence-electron chi connectivity index (χ0n) is 11.5. The predicted molar refractivity (Wildman–Crippen MR) is 69.4 cm³/mol. The molecule has 3 rings (SSSR count). The number of hydrogen-bond donors (Lipinski definition) is 1. The van der Waals surface area contributed by atoms with Gasteiger partial charge in [0.1, 0.15) is 6.10 Å². The van der Waals surface area contributed by atoms with Crippen LogP contribution in [0, 0.1) is 0 Å². The molecule has 6 heteroatoms. The molecule has 2 N–H and O–H groups in total. The van der Waals surface area contributed by atoms with Gasteiger partial charge in [0, 0.05) is 13.1 Å². The van der Waals surface area contributed by atoms with Gasteiger partial charge in [0.15, 0.2) is 5.82 Å². The summed E-state index contributed by atoms with van der Waals surface area (Å²) in [6, 6.07) is 0. The average Bonchev–Trinajstić information content (AvgIpc) is 3.08. The van der Waals surface area contributed by atoms with Crippen molar-refractivity contribution in [1.82, 2.24) is 15.0 Å². The van der Waals surface area contributed by atoms with E-state index in [1.54, 1.807) is 0 Å². The second-order valence-corrected chi connectivity index (χ2v) is 5.57. The van der Waals surface area contributed by atoms with Crippen LogP contribution < -0.4 is 5.73 Å². The van der Waals surface area contributed by atoms with Crippen molar-refractivity contribution in [2.75, 3.05) is 26.2 Å². The first-order valence-corrected chi connectivity index (χ1v) is 7.18. The number of likely N-dealkylation sites (N-methyl/N-ethyl adjacent to an activating group) is 1. The second-order valence-electron chi connectivity index (χ2n) is 5.57. The number of nitrogens with two attached hydrogens (primary N) is 1. The summed E-state index contributed by atoms with van der Waals surface area (Å²) in [6.07, 6.45) is 4.06. The zero-order chi connectivity index (χ0) is 13.3. The van der Waals surface area contributed by atoms with Gasteiger partial charge in [0.2, 0.25) is 0 Å². The zero-order valence-corrected chi connectivity index (χ0v) is 11.5. The molecule has 0 radical (unpaired) electrons. The Hall–Kier alpha value is -0.980. The Bertz CT molecular complexity index is 428. The summed E-state index contributed by atoms with van der Waals surface area (Å²) >= 11 is 0. The molecule has 2 fully saturated rings. The first-order valence-electron chi connectivity index (χ1n) is 7.18. The van der Waals surface area contributed by atoms with Gasteiger partial charge in [-0.2, -0.15) is 4.98 Å². The predicted octanol–water partition coefficient (Wildman–Crippen LogP) is 1.19. The highest BCUT2D eigenvalue weighted by Crippen LogP contribution is 2.35. The van der Waals surface area contributed by atoms with Gasteiger partial charge in [-0.3, -0.25) is 4.90 Å². The highest BCUT2D eigenvalue weighted by atomic mass is 16.5. The number of ether oxygens (including phenoxy) is 1.